The van der Waals surface area contributed by atoms with Crippen molar-refractivity contribution in [3.8, 4) is 0 Å². The maximum atomic E-state index is 5.88. The van der Waals surface area contributed by atoms with Gasteiger partial charge in [0, 0.05) is 16.3 Å². The molecule has 0 radical (unpaired) electrons. The molecule has 1 saturated carbocycles. The Morgan fingerprint density at radius 3 is 2.75 bits per heavy atom. The molecule has 0 aliphatic heterocycles. The highest BCUT2D eigenvalue weighted by atomic mass is 32.2. The topological polar surface area (TPSA) is 26.0 Å². The highest BCUT2D eigenvalue weighted by Crippen LogP contribution is 2.37. The molecule has 0 aromatic carbocycles. The van der Waals surface area contributed by atoms with Gasteiger partial charge in [-0.2, -0.15) is 11.8 Å². The molecule has 0 spiro atoms. The first kappa shape index (κ1) is 12.5. The number of hydrogen-bond donors (Lipinski definition) is 1. The third-order valence-electron chi connectivity index (χ3n) is 3.30. The summed E-state index contributed by atoms with van der Waals surface area (Å²) in [6.45, 7) is 2.95. The predicted octanol–water partition coefficient (Wildman–Crippen LogP) is 3.98. The van der Waals surface area contributed by atoms with Crippen LogP contribution in [0, 0.1) is 12.8 Å². The van der Waals surface area contributed by atoms with Crippen molar-refractivity contribution < 1.29 is 0 Å². The Morgan fingerprint density at radius 2 is 2.19 bits per heavy atom. The van der Waals surface area contributed by atoms with Gasteiger partial charge < -0.3 is 5.73 Å². The van der Waals surface area contributed by atoms with E-state index in [1.165, 1.54) is 41.2 Å². The summed E-state index contributed by atoms with van der Waals surface area (Å²) in [6.07, 6.45) is 5.76. The summed E-state index contributed by atoms with van der Waals surface area (Å²) in [4.78, 5) is 2.86. The minimum absolute atomic E-state index is 0.527. The van der Waals surface area contributed by atoms with Crippen molar-refractivity contribution in [2.45, 2.75) is 37.9 Å². The Kier molecular flexibility index (Phi) is 4.74. The van der Waals surface area contributed by atoms with E-state index in [0.29, 0.717) is 5.25 Å². The molecule has 1 aromatic rings. The molecule has 1 aromatic heterocycles. The van der Waals surface area contributed by atoms with Crippen LogP contribution in [0.25, 0.3) is 0 Å². The van der Waals surface area contributed by atoms with Crippen LogP contribution in [0.4, 0.5) is 0 Å². The molecule has 0 saturated heterocycles. The van der Waals surface area contributed by atoms with E-state index in [-0.39, 0.29) is 0 Å². The Bertz CT molecular complexity index is 315. The number of hydrogen-bond acceptors (Lipinski definition) is 3. The lowest BCUT2D eigenvalue weighted by molar-refractivity contribution is 0.622. The van der Waals surface area contributed by atoms with Crippen LogP contribution in [0.1, 0.15) is 40.7 Å². The van der Waals surface area contributed by atoms with Crippen molar-refractivity contribution in [1.29, 1.82) is 0 Å². The molecule has 2 rings (SSSR count). The predicted molar refractivity (Wildman–Crippen MR) is 75.3 cm³/mol. The van der Waals surface area contributed by atoms with Gasteiger partial charge in [0.05, 0.1) is 5.25 Å². The zero-order chi connectivity index (χ0) is 11.4. The molecule has 0 bridgehead atoms. The largest absolute Gasteiger partial charge is 0.329 e. The van der Waals surface area contributed by atoms with Crippen LogP contribution in [0.2, 0.25) is 0 Å². The third kappa shape index (κ3) is 3.25. The highest BCUT2D eigenvalue weighted by Gasteiger charge is 2.18. The molecule has 1 atom stereocenters. The van der Waals surface area contributed by atoms with Crippen LogP contribution in [0.3, 0.4) is 0 Å². The molecule has 1 unspecified atom stereocenters. The molecular weight excluding hydrogens is 234 g/mol. The lowest BCUT2D eigenvalue weighted by Crippen LogP contribution is -2.10. The number of aryl methyl sites for hydroxylation is 1. The van der Waals surface area contributed by atoms with Gasteiger partial charge in [-0.15, -0.1) is 11.3 Å². The molecule has 1 fully saturated rings. The molecule has 0 amide bonds. The fourth-order valence-electron chi connectivity index (χ4n) is 2.32. The van der Waals surface area contributed by atoms with Crippen molar-refractivity contribution in [1.82, 2.24) is 0 Å². The molecule has 16 heavy (non-hydrogen) atoms. The second kappa shape index (κ2) is 6.08. The Labute approximate surface area is 107 Å². The normalized spacial score (nSPS) is 19.1. The lowest BCUT2D eigenvalue weighted by atomic mass is 10.1. The first-order valence-corrected chi connectivity index (χ1v) is 8.04. The standard InChI is InChI=1S/C13H21NS2/c1-10-6-7-12(16-10)13(8-14)15-9-11-4-2-3-5-11/h6-7,11,13H,2-5,8-9,14H2,1H3. The highest BCUT2D eigenvalue weighted by molar-refractivity contribution is 7.99. The van der Waals surface area contributed by atoms with E-state index in [1.54, 1.807) is 0 Å². The zero-order valence-corrected chi connectivity index (χ0v) is 11.6. The van der Waals surface area contributed by atoms with Gasteiger partial charge in [-0.05, 0) is 43.6 Å². The third-order valence-corrected chi connectivity index (χ3v) is 6.08. The Morgan fingerprint density at radius 1 is 1.44 bits per heavy atom. The minimum atomic E-state index is 0.527. The average molecular weight is 255 g/mol. The summed E-state index contributed by atoms with van der Waals surface area (Å²) in [5.74, 6) is 2.26. The van der Waals surface area contributed by atoms with Gasteiger partial charge in [0.25, 0.3) is 0 Å². The molecule has 90 valence electrons. The Hall–Kier alpha value is 0.01000. The van der Waals surface area contributed by atoms with Crippen LogP contribution >= 0.6 is 23.1 Å². The van der Waals surface area contributed by atoms with Crippen molar-refractivity contribution in [2.75, 3.05) is 12.3 Å². The molecule has 2 N–H and O–H groups in total. The second-order valence-corrected chi connectivity index (χ2v) is 7.21. The van der Waals surface area contributed by atoms with Crippen LogP contribution in [-0.4, -0.2) is 12.3 Å². The summed E-state index contributed by atoms with van der Waals surface area (Å²) in [5, 5.41) is 0.527. The van der Waals surface area contributed by atoms with Crippen molar-refractivity contribution in [3.63, 3.8) is 0 Å². The molecule has 1 aliphatic rings. The fourth-order valence-corrected chi connectivity index (χ4v) is 4.76. The van der Waals surface area contributed by atoms with Crippen molar-refractivity contribution >= 4 is 23.1 Å². The van der Waals surface area contributed by atoms with E-state index in [2.05, 4.69) is 30.8 Å². The smallest absolute Gasteiger partial charge is 0.0513 e. The molecule has 1 nitrogen and oxygen atoms in total. The Balaban J connectivity index is 1.85. The summed E-state index contributed by atoms with van der Waals surface area (Å²) < 4.78 is 0. The number of nitrogens with two attached hydrogens (primary N) is 1. The quantitative estimate of drug-likeness (QED) is 0.861. The average Bonchev–Trinajstić information content (AvgIpc) is 2.91. The van der Waals surface area contributed by atoms with E-state index in [9.17, 15) is 0 Å². The van der Waals surface area contributed by atoms with E-state index >= 15 is 0 Å². The van der Waals surface area contributed by atoms with Crippen molar-refractivity contribution in [2.24, 2.45) is 11.7 Å². The van der Waals surface area contributed by atoms with E-state index in [1.807, 2.05) is 11.3 Å². The minimum Gasteiger partial charge on any atom is -0.329 e. The van der Waals surface area contributed by atoms with Crippen LogP contribution in [0.15, 0.2) is 12.1 Å². The van der Waals surface area contributed by atoms with Gasteiger partial charge in [0.15, 0.2) is 0 Å². The van der Waals surface area contributed by atoms with E-state index in [4.69, 9.17) is 5.73 Å². The van der Waals surface area contributed by atoms with Gasteiger partial charge in [0.2, 0.25) is 0 Å². The van der Waals surface area contributed by atoms with Gasteiger partial charge >= 0.3 is 0 Å². The molecule has 1 aliphatic carbocycles. The maximum Gasteiger partial charge on any atom is 0.0513 e. The molecule has 1 heterocycles. The number of rotatable bonds is 5. The molecular formula is C13H21NS2. The second-order valence-electron chi connectivity index (χ2n) is 4.66. The first-order chi connectivity index (χ1) is 7.79. The van der Waals surface area contributed by atoms with Gasteiger partial charge in [-0.3, -0.25) is 0 Å². The van der Waals surface area contributed by atoms with Crippen LogP contribution in [-0.2, 0) is 0 Å². The number of thiophene rings is 1. The monoisotopic (exact) mass is 255 g/mol. The van der Waals surface area contributed by atoms with Gasteiger partial charge in [0.1, 0.15) is 0 Å². The lowest BCUT2D eigenvalue weighted by Gasteiger charge is -2.15. The van der Waals surface area contributed by atoms with Gasteiger partial charge in [-0.1, -0.05) is 12.8 Å². The molecule has 3 heteroatoms. The summed E-state index contributed by atoms with van der Waals surface area (Å²) >= 11 is 3.97. The first-order valence-electron chi connectivity index (χ1n) is 6.17. The van der Waals surface area contributed by atoms with Crippen molar-refractivity contribution in [3.05, 3.63) is 21.9 Å². The van der Waals surface area contributed by atoms with Gasteiger partial charge in [-0.25, -0.2) is 0 Å². The van der Waals surface area contributed by atoms with Crippen LogP contribution in [0.5, 0.6) is 0 Å². The summed E-state index contributed by atoms with van der Waals surface area (Å²) in [6, 6.07) is 4.46. The SMILES string of the molecule is Cc1ccc(C(CN)SCC2CCCC2)s1. The maximum absolute atomic E-state index is 5.88. The van der Waals surface area contributed by atoms with E-state index < -0.39 is 0 Å². The summed E-state index contributed by atoms with van der Waals surface area (Å²) in [7, 11) is 0. The number of thioether (sulfide) groups is 1. The van der Waals surface area contributed by atoms with Crippen LogP contribution < -0.4 is 5.73 Å². The fraction of sp³-hybridized carbons (Fsp3) is 0.692. The van der Waals surface area contributed by atoms with E-state index in [0.717, 1.165) is 12.5 Å². The summed E-state index contributed by atoms with van der Waals surface area (Å²) in [5.41, 5.74) is 5.88. The zero-order valence-electron chi connectivity index (χ0n) is 9.95.